The van der Waals surface area contributed by atoms with Crippen molar-refractivity contribution in [3.8, 4) is 12.3 Å². The van der Waals surface area contributed by atoms with Crippen molar-refractivity contribution in [1.29, 1.82) is 0 Å². The minimum absolute atomic E-state index is 0.496. The van der Waals surface area contributed by atoms with E-state index < -0.39 is 0 Å². The Morgan fingerprint density at radius 1 is 1.69 bits per heavy atom. The zero-order valence-electron chi connectivity index (χ0n) is 8.12. The van der Waals surface area contributed by atoms with Crippen LogP contribution in [0.5, 0.6) is 0 Å². The van der Waals surface area contributed by atoms with Gasteiger partial charge < -0.3 is 5.32 Å². The molecule has 0 saturated carbocycles. The molecule has 0 radical (unpaired) electrons. The zero-order valence-corrected chi connectivity index (χ0v) is 8.12. The topological polar surface area (TPSA) is 29.9 Å². The molecule has 3 nitrogen and oxygen atoms in total. The first-order valence-electron chi connectivity index (χ1n) is 4.40. The second-order valence-electron chi connectivity index (χ2n) is 3.29. The van der Waals surface area contributed by atoms with E-state index in [2.05, 4.69) is 30.2 Å². The van der Waals surface area contributed by atoms with Crippen LogP contribution in [0.3, 0.4) is 0 Å². The van der Waals surface area contributed by atoms with Gasteiger partial charge in [-0.15, -0.1) is 6.42 Å². The normalized spacial score (nSPS) is 10.3. The van der Waals surface area contributed by atoms with Gasteiger partial charge in [0.2, 0.25) is 0 Å². The smallest absolute Gasteiger partial charge is 0.101 e. The second-order valence-corrected chi connectivity index (χ2v) is 3.29. The van der Waals surface area contributed by atoms with Crippen LogP contribution >= 0.6 is 0 Å². The summed E-state index contributed by atoms with van der Waals surface area (Å²) < 4.78 is 1.76. The van der Waals surface area contributed by atoms with Gasteiger partial charge in [0, 0.05) is 24.3 Å². The monoisotopic (exact) mass is 177 g/mol. The molecule has 1 N–H and O–H groups in total. The van der Waals surface area contributed by atoms with Crippen molar-refractivity contribution in [3.05, 3.63) is 18.0 Å². The Bertz CT molecular complexity index is 293. The van der Waals surface area contributed by atoms with E-state index in [4.69, 9.17) is 6.42 Å². The summed E-state index contributed by atoms with van der Waals surface area (Å²) in [5.41, 5.74) is 1.17. The molecule has 0 amide bonds. The third-order valence-electron chi connectivity index (χ3n) is 1.65. The van der Waals surface area contributed by atoms with Crippen molar-refractivity contribution in [2.75, 3.05) is 0 Å². The molecule has 0 aliphatic rings. The van der Waals surface area contributed by atoms with Crippen molar-refractivity contribution in [1.82, 2.24) is 15.1 Å². The summed E-state index contributed by atoms with van der Waals surface area (Å²) in [6.45, 7) is 5.63. The molecule has 0 unspecified atom stereocenters. The summed E-state index contributed by atoms with van der Waals surface area (Å²) in [5, 5.41) is 7.43. The van der Waals surface area contributed by atoms with Gasteiger partial charge in [0.05, 0.1) is 6.20 Å². The quantitative estimate of drug-likeness (QED) is 0.696. The highest BCUT2D eigenvalue weighted by molar-refractivity contribution is 5.04. The summed E-state index contributed by atoms with van der Waals surface area (Å²) >= 11 is 0. The molecule has 0 saturated heterocycles. The van der Waals surface area contributed by atoms with Crippen LogP contribution in [-0.2, 0) is 13.1 Å². The number of hydrogen-bond donors (Lipinski definition) is 1. The van der Waals surface area contributed by atoms with Gasteiger partial charge in [-0.25, -0.2) is 0 Å². The molecule has 1 heterocycles. The SMILES string of the molecule is C#CCn1cc(CNC(C)C)cn1. The Labute approximate surface area is 79.1 Å². The van der Waals surface area contributed by atoms with Gasteiger partial charge in [-0.05, 0) is 0 Å². The van der Waals surface area contributed by atoms with E-state index in [-0.39, 0.29) is 0 Å². The molecule has 0 bridgehead atoms. The molecular weight excluding hydrogens is 162 g/mol. The van der Waals surface area contributed by atoms with E-state index in [0.29, 0.717) is 12.6 Å². The summed E-state index contributed by atoms with van der Waals surface area (Å²) in [6.07, 6.45) is 8.97. The molecular formula is C10H15N3. The summed E-state index contributed by atoms with van der Waals surface area (Å²) in [4.78, 5) is 0. The third kappa shape index (κ3) is 3.30. The lowest BCUT2D eigenvalue weighted by Gasteiger charge is -2.04. The number of terminal acetylenes is 1. The molecule has 70 valence electrons. The maximum Gasteiger partial charge on any atom is 0.101 e. The lowest BCUT2D eigenvalue weighted by atomic mass is 10.3. The van der Waals surface area contributed by atoms with Crippen LogP contribution < -0.4 is 5.32 Å². The van der Waals surface area contributed by atoms with Crippen LogP contribution in [0.15, 0.2) is 12.4 Å². The number of aromatic nitrogens is 2. The Hall–Kier alpha value is -1.27. The second kappa shape index (κ2) is 4.68. The van der Waals surface area contributed by atoms with Crippen LogP contribution in [0, 0.1) is 12.3 Å². The number of hydrogen-bond acceptors (Lipinski definition) is 2. The number of nitrogens with one attached hydrogen (secondary N) is 1. The third-order valence-corrected chi connectivity index (χ3v) is 1.65. The van der Waals surface area contributed by atoms with Crippen LogP contribution in [-0.4, -0.2) is 15.8 Å². The first kappa shape index (κ1) is 9.82. The van der Waals surface area contributed by atoms with Gasteiger partial charge in [-0.3, -0.25) is 4.68 Å². The van der Waals surface area contributed by atoms with Gasteiger partial charge in [0.25, 0.3) is 0 Å². The molecule has 0 aromatic carbocycles. The average molecular weight is 177 g/mol. The highest BCUT2D eigenvalue weighted by atomic mass is 15.3. The number of nitrogens with zero attached hydrogens (tertiary/aromatic N) is 2. The minimum atomic E-state index is 0.496. The fourth-order valence-corrected chi connectivity index (χ4v) is 1.000. The fraction of sp³-hybridized carbons (Fsp3) is 0.500. The molecule has 3 heteroatoms. The molecule has 1 rings (SSSR count). The van der Waals surface area contributed by atoms with Gasteiger partial charge in [-0.1, -0.05) is 19.8 Å². The maximum atomic E-state index is 5.17. The van der Waals surface area contributed by atoms with E-state index in [1.807, 2.05) is 12.4 Å². The zero-order chi connectivity index (χ0) is 9.68. The van der Waals surface area contributed by atoms with E-state index in [1.54, 1.807) is 4.68 Å². The highest BCUT2D eigenvalue weighted by Gasteiger charge is 1.98. The lowest BCUT2D eigenvalue weighted by molar-refractivity contribution is 0.588. The van der Waals surface area contributed by atoms with Crippen molar-refractivity contribution >= 4 is 0 Å². The van der Waals surface area contributed by atoms with Gasteiger partial charge in [0.1, 0.15) is 6.54 Å². The van der Waals surface area contributed by atoms with Gasteiger partial charge >= 0.3 is 0 Å². The molecule has 0 aliphatic carbocycles. The maximum absolute atomic E-state index is 5.17. The predicted molar refractivity (Wildman–Crippen MR) is 53.0 cm³/mol. The standard InChI is InChI=1S/C10H15N3/c1-4-5-13-8-10(7-12-13)6-11-9(2)3/h1,7-9,11H,5-6H2,2-3H3. The van der Waals surface area contributed by atoms with Gasteiger partial charge in [0.15, 0.2) is 0 Å². The predicted octanol–water partition coefficient (Wildman–Crippen LogP) is 1.01. The summed E-state index contributed by atoms with van der Waals surface area (Å²) in [7, 11) is 0. The Morgan fingerprint density at radius 3 is 3.08 bits per heavy atom. The van der Waals surface area contributed by atoms with Crippen LogP contribution in [0.25, 0.3) is 0 Å². The molecule has 0 atom stereocenters. The largest absolute Gasteiger partial charge is 0.310 e. The molecule has 0 spiro atoms. The molecule has 1 aromatic rings. The Balaban J connectivity index is 2.45. The van der Waals surface area contributed by atoms with Gasteiger partial charge in [-0.2, -0.15) is 5.10 Å². The van der Waals surface area contributed by atoms with Crippen molar-refractivity contribution in [2.24, 2.45) is 0 Å². The average Bonchev–Trinajstić information content (AvgIpc) is 2.50. The Kier molecular flexibility index (Phi) is 3.53. The molecule has 1 aromatic heterocycles. The van der Waals surface area contributed by atoms with Crippen molar-refractivity contribution < 1.29 is 0 Å². The van der Waals surface area contributed by atoms with E-state index in [0.717, 1.165) is 6.54 Å². The first-order valence-corrected chi connectivity index (χ1v) is 4.40. The fourth-order valence-electron chi connectivity index (χ4n) is 1.000. The first-order chi connectivity index (χ1) is 6.22. The van der Waals surface area contributed by atoms with Crippen LogP contribution in [0.4, 0.5) is 0 Å². The molecule has 13 heavy (non-hydrogen) atoms. The van der Waals surface area contributed by atoms with E-state index in [9.17, 15) is 0 Å². The van der Waals surface area contributed by atoms with Crippen LogP contribution in [0.2, 0.25) is 0 Å². The summed E-state index contributed by atoms with van der Waals surface area (Å²) in [6, 6.07) is 0.496. The Morgan fingerprint density at radius 2 is 2.46 bits per heavy atom. The lowest BCUT2D eigenvalue weighted by Crippen LogP contribution is -2.21. The van der Waals surface area contributed by atoms with E-state index in [1.165, 1.54) is 5.56 Å². The minimum Gasteiger partial charge on any atom is -0.310 e. The molecule has 0 aliphatic heterocycles. The van der Waals surface area contributed by atoms with Crippen molar-refractivity contribution in [3.63, 3.8) is 0 Å². The van der Waals surface area contributed by atoms with Crippen molar-refractivity contribution in [2.45, 2.75) is 33.0 Å². The van der Waals surface area contributed by atoms with Crippen LogP contribution in [0.1, 0.15) is 19.4 Å². The van der Waals surface area contributed by atoms with E-state index >= 15 is 0 Å². The highest BCUT2D eigenvalue weighted by Crippen LogP contribution is 1.97. The summed E-state index contributed by atoms with van der Waals surface area (Å²) in [5.74, 6) is 2.54. The molecule has 0 fully saturated rings. The number of rotatable bonds is 4.